The average molecular weight is 924 g/mol. The van der Waals surface area contributed by atoms with Gasteiger partial charge in [-0.15, -0.1) is 5.43 Å². The van der Waals surface area contributed by atoms with E-state index in [1.807, 2.05) is 5.43 Å². The molecule has 0 bridgehead atoms. The normalized spacial score (nSPS) is 14.6. The summed E-state index contributed by atoms with van der Waals surface area (Å²) in [4.78, 5) is 104. The first-order valence-corrected chi connectivity index (χ1v) is 20.9. The van der Waals surface area contributed by atoms with Crippen LogP contribution in [0.5, 0.6) is 11.5 Å². The van der Waals surface area contributed by atoms with Gasteiger partial charge in [-0.1, -0.05) is 54.6 Å². The Bertz CT molecular complexity index is 2110. The molecule has 8 atom stereocenters. The third kappa shape index (κ3) is 18.0. The summed E-state index contributed by atoms with van der Waals surface area (Å²) in [6.45, 7) is 1.78. The van der Waals surface area contributed by atoms with Crippen molar-refractivity contribution in [3.63, 3.8) is 0 Å². The van der Waals surface area contributed by atoms with Gasteiger partial charge in [-0.25, -0.2) is 14.9 Å². The highest BCUT2D eigenvalue weighted by molar-refractivity contribution is 5.96. The van der Waals surface area contributed by atoms with Crippen LogP contribution in [-0.2, 0) is 52.8 Å². The first kappa shape index (κ1) is 53.0. The highest BCUT2D eigenvalue weighted by Crippen LogP contribution is 2.14. The van der Waals surface area contributed by atoms with E-state index in [1.165, 1.54) is 55.5 Å². The second kappa shape index (κ2) is 26.4. The molecule has 14 N–H and O–H groups in total. The van der Waals surface area contributed by atoms with E-state index < -0.39 is 101 Å². The number of nitrogens with one attached hydrogen (secondary N) is 7. The number of carboxylic acids is 1. The minimum absolute atomic E-state index is 0.0549. The molecule has 0 saturated heterocycles. The number of hydrogen-bond donors (Lipinski definition) is 13. The number of nitro groups is 1. The number of amides is 6. The number of aliphatic carboxylic acids is 1. The molecule has 0 aliphatic heterocycles. The van der Waals surface area contributed by atoms with Crippen LogP contribution >= 0.6 is 0 Å². The van der Waals surface area contributed by atoms with Crippen LogP contribution in [0.1, 0.15) is 49.8 Å². The number of hydrazine groups is 1. The molecule has 3 aromatic rings. The van der Waals surface area contributed by atoms with Crippen LogP contribution in [-0.4, -0.2) is 134 Å². The van der Waals surface area contributed by atoms with E-state index in [-0.39, 0.29) is 37.2 Å². The van der Waals surface area contributed by atoms with Crippen LogP contribution in [0.25, 0.3) is 0 Å². The van der Waals surface area contributed by atoms with Crippen molar-refractivity contribution in [2.45, 2.75) is 101 Å². The lowest BCUT2D eigenvalue weighted by Gasteiger charge is -2.27. The molecule has 3 rings (SSSR count). The zero-order chi connectivity index (χ0) is 48.9. The van der Waals surface area contributed by atoms with Gasteiger partial charge in [0.1, 0.15) is 41.7 Å². The Kier molecular flexibility index (Phi) is 21.2. The summed E-state index contributed by atoms with van der Waals surface area (Å²) in [5.41, 5.74) is 8.75. The number of unbranched alkanes of at least 4 members (excludes halogenated alkanes) is 1. The Morgan fingerprint density at radius 1 is 0.591 bits per heavy atom. The highest BCUT2D eigenvalue weighted by atomic mass is 16.7. The molecule has 0 saturated carbocycles. The number of aliphatic hydroxyl groups is 2. The van der Waals surface area contributed by atoms with Crippen LogP contribution in [0, 0.1) is 10.1 Å². The van der Waals surface area contributed by atoms with E-state index in [1.54, 1.807) is 30.3 Å². The fourth-order valence-corrected chi connectivity index (χ4v) is 6.45. The van der Waals surface area contributed by atoms with Gasteiger partial charge in [0.2, 0.25) is 35.4 Å². The third-order valence-electron chi connectivity index (χ3n) is 10.0. The van der Waals surface area contributed by atoms with E-state index >= 15 is 0 Å². The summed E-state index contributed by atoms with van der Waals surface area (Å²) in [7, 11) is 0. The molecule has 0 aliphatic carbocycles. The predicted octanol–water partition coefficient (Wildman–Crippen LogP) is -2.21. The second-order valence-corrected chi connectivity index (χ2v) is 15.4. The summed E-state index contributed by atoms with van der Waals surface area (Å²) in [6.07, 6.45) is -2.88. The molecule has 0 fully saturated rings. The summed E-state index contributed by atoms with van der Waals surface area (Å²) in [6, 6.07) is 10.1. The third-order valence-corrected chi connectivity index (χ3v) is 10.0. The molecule has 66 heavy (non-hydrogen) atoms. The number of carboxylic acid groups (broad SMARTS) is 1. The van der Waals surface area contributed by atoms with Gasteiger partial charge >= 0.3 is 5.97 Å². The number of hydrogen-bond acceptors (Lipinski definition) is 14. The van der Waals surface area contributed by atoms with Crippen LogP contribution in [0.4, 0.5) is 0 Å². The quantitative estimate of drug-likeness (QED) is 0.0219. The number of phenols is 2. The van der Waals surface area contributed by atoms with Gasteiger partial charge in [0, 0.05) is 19.3 Å². The predicted molar refractivity (Wildman–Crippen MR) is 234 cm³/mol. The molecule has 0 heterocycles. The SMILES string of the molecule is C[C@@H](O)[C@H](NC(=O)[C@H](Cc1ccc(O)cc1)N[N+](=O)[O-])C(=O)NCC(=O)N[C@@H](Cc1ccc(O)cc1)C(=O)N[C@H](C(=O)N[C@@H](Cc1ccccc1)C(=O)N[C@@H](CCCCN)C(=O)O)[C@@H](C)O. The average Bonchev–Trinajstić information content (AvgIpc) is 3.26. The maximum atomic E-state index is 13.9. The summed E-state index contributed by atoms with van der Waals surface area (Å²) in [5, 5.41) is 74.8. The van der Waals surface area contributed by atoms with Crippen molar-refractivity contribution in [3.05, 3.63) is 106 Å². The lowest BCUT2D eigenvalue weighted by Crippen LogP contribution is -2.61. The Balaban J connectivity index is 1.78. The topological polar surface area (TPSA) is 374 Å². The maximum absolute atomic E-state index is 13.9. The van der Waals surface area contributed by atoms with Crippen molar-refractivity contribution in [1.29, 1.82) is 0 Å². The fraction of sp³-hybridized carbons (Fsp3) is 0.419. The minimum Gasteiger partial charge on any atom is -0.508 e. The van der Waals surface area contributed by atoms with E-state index in [2.05, 4.69) is 31.9 Å². The van der Waals surface area contributed by atoms with Crippen molar-refractivity contribution in [3.8, 4) is 11.5 Å². The van der Waals surface area contributed by atoms with Gasteiger partial charge in [-0.2, -0.15) is 0 Å². The molecule has 23 nitrogen and oxygen atoms in total. The van der Waals surface area contributed by atoms with Gasteiger partial charge in [-0.3, -0.25) is 28.8 Å². The minimum atomic E-state index is -1.75. The number of aliphatic hydroxyl groups excluding tert-OH is 2. The molecule has 0 unspecified atom stereocenters. The Morgan fingerprint density at radius 3 is 1.52 bits per heavy atom. The van der Waals surface area contributed by atoms with Crippen molar-refractivity contribution in [1.82, 2.24) is 37.3 Å². The zero-order valence-corrected chi connectivity index (χ0v) is 36.2. The Labute approximate surface area is 379 Å². The van der Waals surface area contributed by atoms with E-state index in [0.29, 0.717) is 36.1 Å². The fourth-order valence-electron chi connectivity index (χ4n) is 6.45. The number of benzene rings is 3. The molecule has 23 heteroatoms. The monoisotopic (exact) mass is 923 g/mol. The Morgan fingerprint density at radius 2 is 1.03 bits per heavy atom. The summed E-state index contributed by atoms with van der Waals surface area (Å²) < 4.78 is 0. The molecular formula is C43H57N9O14. The van der Waals surface area contributed by atoms with Crippen molar-refractivity contribution in [2.24, 2.45) is 5.73 Å². The van der Waals surface area contributed by atoms with Crippen LogP contribution < -0.4 is 43.1 Å². The lowest BCUT2D eigenvalue weighted by atomic mass is 10.0. The van der Waals surface area contributed by atoms with Crippen molar-refractivity contribution >= 4 is 41.4 Å². The van der Waals surface area contributed by atoms with Crippen molar-refractivity contribution < 1.29 is 64.1 Å². The lowest BCUT2D eigenvalue weighted by molar-refractivity contribution is -0.548. The van der Waals surface area contributed by atoms with Gasteiger partial charge in [0.15, 0.2) is 11.1 Å². The number of carbonyl (C=O) groups excluding carboxylic acids is 6. The molecule has 0 spiro atoms. The van der Waals surface area contributed by atoms with E-state index in [9.17, 15) is 69.2 Å². The zero-order valence-electron chi connectivity index (χ0n) is 36.2. The molecule has 3 aromatic carbocycles. The first-order chi connectivity index (χ1) is 31.3. The van der Waals surface area contributed by atoms with Crippen molar-refractivity contribution in [2.75, 3.05) is 13.1 Å². The van der Waals surface area contributed by atoms with Crippen LogP contribution in [0.15, 0.2) is 78.9 Å². The van der Waals surface area contributed by atoms with Gasteiger partial charge in [0.25, 0.3) is 0 Å². The molecule has 358 valence electrons. The number of carbonyl (C=O) groups is 7. The number of rotatable bonds is 27. The van der Waals surface area contributed by atoms with Crippen LogP contribution in [0.3, 0.4) is 0 Å². The standard InChI is InChI=1S/C43H57N9O14/c1-24(53)36(49-40(60)34(51-52(65)66)22-28-13-17-30(56)18-14-28)41(61)45-23-35(57)46-32(21-27-11-15-29(55)16-12-27)39(59)50-37(25(2)54)42(62)48-33(20-26-8-4-3-5-9-26)38(58)47-31(43(63)64)10-6-7-19-44/h3-5,8-9,11-18,24-25,31-34,36-37,51,53-56H,6-7,10,19-23,44H2,1-2H3,(H,45,61)(H,46,57)(H,47,58)(H,48,62)(H,49,60)(H,50,59)(H,63,64)/t24-,25-,31+,32+,33+,34+,36+,37+/m1/s1. The van der Waals surface area contributed by atoms with Gasteiger partial charge < -0.3 is 63.2 Å². The van der Waals surface area contributed by atoms with Gasteiger partial charge in [-0.05, 0) is 80.6 Å². The molecule has 6 amide bonds. The summed E-state index contributed by atoms with van der Waals surface area (Å²) >= 11 is 0. The highest BCUT2D eigenvalue weighted by Gasteiger charge is 2.35. The van der Waals surface area contributed by atoms with E-state index in [4.69, 9.17) is 5.73 Å². The molecular weight excluding hydrogens is 867 g/mol. The number of nitrogens with two attached hydrogens (primary N) is 1. The van der Waals surface area contributed by atoms with Gasteiger partial charge in [0.05, 0.1) is 18.8 Å². The molecule has 0 aromatic heterocycles. The van der Waals surface area contributed by atoms with E-state index in [0.717, 1.165) is 6.92 Å². The second-order valence-electron chi connectivity index (χ2n) is 15.4. The number of phenolic OH excluding ortho intramolecular Hbond substituents is 2. The number of nitrogens with zero attached hydrogens (tertiary/aromatic N) is 1. The first-order valence-electron chi connectivity index (χ1n) is 20.9. The summed E-state index contributed by atoms with van der Waals surface area (Å²) in [5.74, 6) is -7.59. The smallest absolute Gasteiger partial charge is 0.326 e. The molecule has 0 aliphatic rings. The Hall–Kier alpha value is -7.37. The number of aromatic hydroxyl groups is 2. The molecule has 0 radical (unpaired) electrons. The maximum Gasteiger partial charge on any atom is 0.326 e. The largest absolute Gasteiger partial charge is 0.508 e. The van der Waals surface area contributed by atoms with Crippen LogP contribution in [0.2, 0.25) is 0 Å².